The summed E-state index contributed by atoms with van der Waals surface area (Å²) in [7, 11) is 0. The van der Waals surface area contributed by atoms with Crippen LogP contribution in [0.25, 0.3) is 0 Å². The number of rotatable bonds is 1. The summed E-state index contributed by atoms with van der Waals surface area (Å²) < 4.78 is 33.5. The standard InChI is InChI=1S/C10H11F2N3O3/c11-10(12)4-9(3-5(9)16)18-7(10)15-2-1-6(13)14-8(15)17/h1-2,5,7,16H,3-4H2,(H2,13,14,17). The number of alkyl halides is 2. The van der Waals surface area contributed by atoms with E-state index in [1.165, 1.54) is 6.07 Å². The first-order valence-electron chi connectivity index (χ1n) is 5.42. The Morgan fingerprint density at radius 3 is 2.78 bits per heavy atom. The molecule has 98 valence electrons. The molecule has 0 bridgehead atoms. The lowest BCUT2D eigenvalue weighted by atomic mass is 10.1. The largest absolute Gasteiger partial charge is 0.390 e. The molecule has 2 aliphatic rings. The van der Waals surface area contributed by atoms with E-state index in [-0.39, 0.29) is 12.2 Å². The molecule has 18 heavy (non-hydrogen) atoms. The number of nitrogens with two attached hydrogens (primary N) is 1. The zero-order valence-electron chi connectivity index (χ0n) is 9.22. The van der Waals surface area contributed by atoms with Crippen molar-refractivity contribution in [2.75, 3.05) is 5.73 Å². The van der Waals surface area contributed by atoms with Crippen LogP contribution in [0.2, 0.25) is 0 Å². The Balaban J connectivity index is 1.99. The van der Waals surface area contributed by atoms with Crippen LogP contribution in [0.4, 0.5) is 14.6 Å². The number of aliphatic hydroxyl groups is 1. The van der Waals surface area contributed by atoms with Crippen molar-refractivity contribution in [1.82, 2.24) is 9.55 Å². The first-order valence-corrected chi connectivity index (χ1v) is 5.42. The molecule has 0 radical (unpaired) electrons. The van der Waals surface area contributed by atoms with Crippen LogP contribution in [0.1, 0.15) is 19.1 Å². The number of hydrogen-bond acceptors (Lipinski definition) is 5. The van der Waals surface area contributed by atoms with Crippen molar-refractivity contribution in [3.8, 4) is 0 Å². The van der Waals surface area contributed by atoms with Crippen LogP contribution >= 0.6 is 0 Å². The lowest BCUT2D eigenvalue weighted by Gasteiger charge is -2.19. The molecule has 0 aromatic carbocycles. The van der Waals surface area contributed by atoms with Crippen LogP contribution in [-0.2, 0) is 4.74 Å². The number of anilines is 1. The third-order valence-corrected chi connectivity index (χ3v) is 3.33. The minimum Gasteiger partial charge on any atom is -0.390 e. The van der Waals surface area contributed by atoms with Crippen molar-refractivity contribution in [3.05, 3.63) is 22.7 Å². The van der Waals surface area contributed by atoms with E-state index >= 15 is 0 Å². The summed E-state index contributed by atoms with van der Waals surface area (Å²) in [5.41, 5.74) is 3.18. The first kappa shape index (κ1) is 11.5. The fourth-order valence-electron chi connectivity index (χ4n) is 2.29. The van der Waals surface area contributed by atoms with E-state index in [2.05, 4.69) is 4.98 Å². The Hall–Kier alpha value is -1.54. The van der Waals surface area contributed by atoms with Crippen LogP contribution in [0.15, 0.2) is 17.1 Å². The second-order valence-corrected chi connectivity index (χ2v) is 4.73. The van der Waals surface area contributed by atoms with E-state index in [1.807, 2.05) is 0 Å². The minimum atomic E-state index is -3.22. The molecule has 1 aromatic heterocycles. The molecule has 1 saturated heterocycles. The first-order chi connectivity index (χ1) is 8.34. The Kier molecular flexibility index (Phi) is 2.09. The summed E-state index contributed by atoms with van der Waals surface area (Å²) in [6.45, 7) is 0. The molecule has 3 atom stereocenters. The van der Waals surface area contributed by atoms with Gasteiger partial charge in [0.2, 0.25) is 6.23 Å². The molecule has 3 rings (SSSR count). The van der Waals surface area contributed by atoms with Crippen molar-refractivity contribution in [2.45, 2.75) is 36.7 Å². The SMILES string of the molecule is Nc1ccn(C2OC3(CC3O)CC2(F)F)c(=O)n1. The third kappa shape index (κ3) is 1.52. The van der Waals surface area contributed by atoms with Gasteiger partial charge in [0.15, 0.2) is 0 Å². The van der Waals surface area contributed by atoms with E-state index in [4.69, 9.17) is 10.5 Å². The summed E-state index contributed by atoms with van der Waals surface area (Å²) in [6, 6.07) is 1.25. The Morgan fingerprint density at radius 1 is 1.61 bits per heavy atom. The summed E-state index contributed by atoms with van der Waals surface area (Å²) >= 11 is 0. The average molecular weight is 259 g/mol. The predicted octanol–water partition coefficient (Wildman–Crippen LogP) is -0.117. The molecule has 3 N–H and O–H groups in total. The van der Waals surface area contributed by atoms with Gasteiger partial charge < -0.3 is 15.6 Å². The Bertz CT molecular complexity index is 562. The molecule has 0 amide bonds. The molecule has 1 spiro atoms. The van der Waals surface area contributed by atoms with Crippen molar-refractivity contribution < 1.29 is 18.6 Å². The van der Waals surface area contributed by atoms with Gasteiger partial charge in [0.1, 0.15) is 11.4 Å². The quantitative estimate of drug-likeness (QED) is 0.734. The zero-order valence-corrected chi connectivity index (χ0v) is 9.22. The van der Waals surface area contributed by atoms with Gasteiger partial charge in [0.25, 0.3) is 5.92 Å². The summed E-state index contributed by atoms with van der Waals surface area (Å²) in [4.78, 5) is 14.9. The monoisotopic (exact) mass is 259 g/mol. The maximum Gasteiger partial charge on any atom is 0.351 e. The number of ether oxygens (including phenoxy) is 1. The molecule has 2 fully saturated rings. The number of hydrogen-bond donors (Lipinski definition) is 2. The van der Waals surface area contributed by atoms with Crippen molar-refractivity contribution in [2.24, 2.45) is 0 Å². The predicted molar refractivity (Wildman–Crippen MR) is 56.0 cm³/mol. The lowest BCUT2D eigenvalue weighted by Crippen LogP contribution is -2.35. The highest BCUT2D eigenvalue weighted by Gasteiger charge is 2.69. The maximum absolute atomic E-state index is 13.8. The molecule has 1 aromatic rings. The fourth-order valence-corrected chi connectivity index (χ4v) is 2.29. The number of nitrogen functional groups attached to an aromatic ring is 1. The van der Waals surface area contributed by atoms with Crippen molar-refractivity contribution in [3.63, 3.8) is 0 Å². The highest BCUT2D eigenvalue weighted by molar-refractivity contribution is 5.24. The highest BCUT2D eigenvalue weighted by atomic mass is 19.3. The van der Waals surface area contributed by atoms with Gasteiger partial charge in [0, 0.05) is 19.0 Å². The van der Waals surface area contributed by atoms with E-state index in [1.54, 1.807) is 0 Å². The van der Waals surface area contributed by atoms with Crippen molar-refractivity contribution in [1.29, 1.82) is 0 Å². The fraction of sp³-hybridized carbons (Fsp3) is 0.600. The molecular formula is C10H11F2N3O3. The van der Waals surface area contributed by atoms with E-state index < -0.39 is 36.0 Å². The van der Waals surface area contributed by atoms with Crippen LogP contribution in [0.3, 0.4) is 0 Å². The number of halogens is 2. The summed E-state index contributed by atoms with van der Waals surface area (Å²) in [5, 5.41) is 9.35. The molecule has 3 unspecified atom stereocenters. The molecule has 8 heteroatoms. The van der Waals surface area contributed by atoms with Gasteiger partial charge in [-0.25, -0.2) is 13.6 Å². The second-order valence-electron chi connectivity index (χ2n) is 4.73. The van der Waals surface area contributed by atoms with Gasteiger partial charge in [-0.2, -0.15) is 4.98 Å². The molecule has 6 nitrogen and oxygen atoms in total. The van der Waals surface area contributed by atoms with Gasteiger partial charge >= 0.3 is 5.69 Å². The average Bonchev–Trinajstić information content (AvgIpc) is 2.75. The maximum atomic E-state index is 13.8. The smallest absolute Gasteiger partial charge is 0.351 e. The third-order valence-electron chi connectivity index (χ3n) is 3.33. The zero-order chi connectivity index (χ0) is 13.1. The number of nitrogens with zero attached hydrogens (tertiary/aromatic N) is 2. The van der Waals surface area contributed by atoms with Crippen LogP contribution < -0.4 is 11.4 Å². The van der Waals surface area contributed by atoms with E-state index in [9.17, 15) is 18.7 Å². The van der Waals surface area contributed by atoms with Gasteiger partial charge in [-0.3, -0.25) is 4.57 Å². The Labute approximate surface area is 100.0 Å². The Morgan fingerprint density at radius 2 is 2.28 bits per heavy atom. The van der Waals surface area contributed by atoms with Gasteiger partial charge in [-0.1, -0.05) is 0 Å². The summed E-state index contributed by atoms with van der Waals surface area (Å²) in [5.74, 6) is -3.27. The van der Waals surface area contributed by atoms with E-state index in [0.717, 1.165) is 6.20 Å². The highest BCUT2D eigenvalue weighted by Crippen LogP contribution is 2.58. The van der Waals surface area contributed by atoms with Gasteiger partial charge in [-0.05, 0) is 6.07 Å². The molecule has 1 aliphatic heterocycles. The van der Waals surface area contributed by atoms with E-state index in [0.29, 0.717) is 4.57 Å². The molecule has 2 heterocycles. The molecule has 1 saturated carbocycles. The lowest BCUT2D eigenvalue weighted by molar-refractivity contribution is -0.123. The summed E-state index contributed by atoms with van der Waals surface area (Å²) in [6.07, 6.45) is -1.95. The van der Waals surface area contributed by atoms with Gasteiger partial charge in [-0.15, -0.1) is 0 Å². The van der Waals surface area contributed by atoms with Crippen molar-refractivity contribution >= 4 is 5.82 Å². The number of aliphatic hydroxyl groups excluding tert-OH is 1. The molecule has 1 aliphatic carbocycles. The van der Waals surface area contributed by atoms with Crippen LogP contribution in [0, 0.1) is 0 Å². The topological polar surface area (TPSA) is 90.4 Å². The van der Waals surface area contributed by atoms with Crippen LogP contribution in [0.5, 0.6) is 0 Å². The number of aromatic nitrogens is 2. The molecular weight excluding hydrogens is 248 g/mol. The minimum absolute atomic E-state index is 0.0428. The van der Waals surface area contributed by atoms with Crippen LogP contribution in [-0.4, -0.2) is 32.3 Å². The normalized spacial score (nSPS) is 37.1. The van der Waals surface area contributed by atoms with Gasteiger partial charge in [0.05, 0.1) is 6.10 Å². The second kappa shape index (κ2) is 3.27.